The molecule has 0 bridgehead atoms. The van der Waals surface area contributed by atoms with Crippen molar-refractivity contribution < 1.29 is 9.18 Å². The summed E-state index contributed by atoms with van der Waals surface area (Å²) in [6.45, 7) is 1.96. The van der Waals surface area contributed by atoms with Crippen molar-refractivity contribution in [1.82, 2.24) is 5.32 Å². The lowest BCUT2D eigenvalue weighted by molar-refractivity contribution is 0.0948. The molecule has 3 nitrogen and oxygen atoms in total. The summed E-state index contributed by atoms with van der Waals surface area (Å²) in [5.41, 5.74) is 0. The Morgan fingerprint density at radius 2 is 2.32 bits per heavy atom. The molecule has 5 heteroatoms. The molecule has 1 heterocycles. The van der Waals surface area contributed by atoms with Gasteiger partial charge in [0.15, 0.2) is 0 Å². The molecule has 0 aliphatic heterocycles. The van der Waals surface area contributed by atoms with E-state index in [4.69, 9.17) is 5.26 Å². The molecule has 0 aliphatic carbocycles. The van der Waals surface area contributed by atoms with Gasteiger partial charge in [0.2, 0.25) is 0 Å². The van der Waals surface area contributed by atoms with Crippen molar-refractivity contribution in [3.63, 3.8) is 0 Å². The van der Waals surface area contributed by atoms with Crippen molar-refractivity contribution in [2.24, 2.45) is 0 Å². The van der Waals surface area contributed by atoms with Gasteiger partial charge in [-0.1, -0.05) is 19.4 Å². The Hall–Kier alpha value is -1.93. The third kappa shape index (κ3) is 3.09. The van der Waals surface area contributed by atoms with Gasteiger partial charge in [0.05, 0.1) is 10.9 Å². The molecule has 0 fully saturated rings. The van der Waals surface area contributed by atoms with Crippen LogP contribution in [-0.4, -0.2) is 11.9 Å². The standard InChI is InChI=1S/C14H13FN2OS/c1-2-3-11(8-16)17-14(18)13-6-9-4-5-10(15)7-12(9)19-13/h4-7,11H,2-3H2,1H3,(H,17,18). The fourth-order valence-electron chi connectivity index (χ4n) is 1.80. The van der Waals surface area contributed by atoms with E-state index in [1.54, 1.807) is 12.1 Å². The molecule has 0 saturated carbocycles. The Kier molecular flexibility index (Phi) is 4.13. The van der Waals surface area contributed by atoms with Gasteiger partial charge in [-0.15, -0.1) is 11.3 Å². The second-order valence-corrected chi connectivity index (χ2v) is 5.32. The van der Waals surface area contributed by atoms with Crippen LogP contribution >= 0.6 is 11.3 Å². The first-order valence-electron chi connectivity index (χ1n) is 6.03. The fraction of sp³-hybridized carbons (Fsp3) is 0.286. The van der Waals surface area contributed by atoms with Crippen LogP contribution in [0.2, 0.25) is 0 Å². The van der Waals surface area contributed by atoms with E-state index in [2.05, 4.69) is 11.4 Å². The molecule has 0 saturated heterocycles. The van der Waals surface area contributed by atoms with Crippen LogP contribution in [0.15, 0.2) is 24.3 Å². The van der Waals surface area contributed by atoms with Crippen molar-refractivity contribution >= 4 is 27.3 Å². The van der Waals surface area contributed by atoms with E-state index in [9.17, 15) is 9.18 Å². The summed E-state index contributed by atoms with van der Waals surface area (Å²) < 4.78 is 13.8. The quantitative estimate of drug-likeness (QED) is 0.929. The number of fused-ring (bicyclic) bond motifs is 1. The Balaban J connectivity index is 2.20. The average Bonchev–Trinajstić information content (AvgIpc) is 2.81. The maximum atomic E-state index is 13.1. The number of rotatable bonds is 4. The molecular weight excluding hydrogens is 263 g/mol. The highest BCUT2D eigenvalue weighted by Gasteiger charge is 2.15. The van der Waals surface area contributed by atoms with Gasteiger partial charge in [-0.25, -0.2) is 4.39 Å². The number of nitrogens with zero attached hydrogens (tertiary/aromatic N) is 1. The van der Waals surface area contributed by atoms with Crippen molar-refractivity contribution in [2.45, 2.75) is 25.8 Å². The van der Waals surface area contributed by atoms with E-state index in [1.807, 2.05) is 6.92 Å². The molecule has 1 N–H and O–H groups in total. The highest BCUT2D eigenvalue weighted by atomic mass is 32.1. The summed E-state index contributed by atoms with van der Waals surface area (Å²) in [5.74, 6) is -0.594. The minimum atomic E-state index is -0.473. The van der Waals surface area contributed by atoms with Gasteiger partial charge < -0.3 is 5.32 Å². The van der Waals surface area contributed by atoms with Crippen LogP contribution in [0.1, 0.15) is 29.4 Å². The monoisotopic (exact) mass is 276 g/mol. The van der Waals surface area contributed by atoms with Gasteiger partial charge in [-0.05, 0) is 30.0 Å². The van der Waals surface area contributed by atoms with Crippen molar-refractivity contribution in [3.05, 3.63) is 35.0 Å². The number of carbonyl (C=O) groups is 1. The molecule has 0 spiro atoms. The minimum Gasteiger partial charge on any atom is -0.336 e. The van der Waals surface area contributed by atoms with E-state index in [0.717, 1.165) is 16.5 Å². The van der Waals surface area contributed by atoms with Crippen LogP contribution in [0, 0.1) is 17.1 Å². The maximum absolute atomic E-state index is 13.1. The van der Waals surface area contributed by atoms with Crippen molar-refractivity contribution in [1.29, 1.82) is 5.26 Å². The van der Waals surface area contributed by atoms with Gasteiger partial charge in [-0.2, -0.15) is 5.26 Å². The van der Waals surface area contributed by atoms with E-state index in [-0.39, 0.29) is 11.7 Å². The Labute approximate surface area is 114 Å². The predicted octanol–water partition coefficient (Wildman–Crippen LogP) is 3.46. The molecule has 1 aromatic heterocycles. The summed E-state index contributed by atoms with van der Waals surface area (Å²) in [4.78, 5) is 12.5. The summed E-state index contributed by atoms with van der Waals surface area (Å²) in [6.07, 6.45) is 1.46. The van der Waals surface area contributed by atoms with E-state index in [0.29, 0.717) is 11.3 Å². The first-order valence-corrected chi connectivity index (χ1v) is 6.85. The molecule has 1 unspecified atom stereocenters. The van der Waals surface area contributed by atoms with Crippen LogP contribution in [0.4, 0.5) is 4.39 Å². The number of hydrogen-bond acceptors (Lipinski definition) is 3. The Morgan fingerprint density at radius 3 is 3.00 bits per heavy atom. The molecular formula is C14H13FN2OS. The number of halogens is 1. The SMILES string of the molecule is CCCC(C#N)NC(=O)c1cc2ccc(F)cc2s1. The smallest absolute Gasteiger partial charge is 0.262 e. The zero-order valence-electron chi connectivity index (χ0n) is 10.4. The third-order valence-electron chi connectivity index (χ3n) is 2.74. The van der Waals surface area contributed by atoms with Crippen LogP contribution in [0.25, 0.3) is 10.1 Å². The summed E-state index contributed by atoms with van der Waals surface area (Å²) in [7, 11) is 0. The molecule has 2 rings (SSSR count). The third-order valence-corrected chi connectivity index (χ3v) is 3.84. The van der Waals surface area contributed by atoms with E-state index >= 15 is 0 Å². The summed E-state index contributed by atoms with van der Waals surface area (Å²) in [5, 5.41) is 12.4. The number of nitrogens with one attached hydrogen (secondary N) is 1. The molecule has 0 radical (unpaired) electrons. The van der Waals surface area contributed by atoms with Crippen molar-refractivity contribution in [3.8, 4) is 6.07 Å². The lowest BCUT2D eigenvalue weighted by Gasteiger charge is -2.08. The van der Waals surface area contributed by atoms with E-state index < -0.39 is 6.04 Å². The van der Waals surface area contributed by atoms with Gasteiger partial charge in [0.1, 0.15) is 11.9 Å². The molecule has 0 aliphatic rings. The second-order valence-electron chi connectivity index (χ2n) is 4.24. The first-order chi connectivity index (χ1) is 9.13. The lowest BCUT2D eigenvalue weighted by Crippen LogP contribution is -2.33. The summed E-state index contributed by atoms with van der Waals surface area (Å²) in [6, 6.07) is 7.72. The molecule has 1 aromatic carbocycles. The zero-order valence-corrected chi connectivity index (χ0v) is 11.3. The number of thiophene rings is 1. The van der Waals surface area contributed by atoms with Crippen LogP contribution in [0.3, 0.4) is 0 Å². The summed E-state index contributed by atoms with van der Waals surface area (Å²) >= 11 is 1.23. The number of carbonyl (C=O) groups excluding carboxylic acids is 1. The fourth-order valence-corrected chi connectivity index (χ4v) is 2.79. The van der Waals surface area contributed by atoms with E-state index in [1.165, 1.54) is 23.5 Å². The van der Waals surface area contributed by atoms with Crippen molar-refractivity contribution in [2.75, 3.05) is 0 Å². The first kappa shape index (κ1) is 13.5. The number of benzene rings is 1. The molecule has 1 amide bonds. The largest absolute Gasteiger partial charge is 0.336 e. The van der Waals surface area contributed by atoms with Crippen LogP contribution in [-0.2, 0) is 0 Å². The highest BCUT2D eigenvalue weighted by Crippen LogP contribution is 2.26. The Bertz CT molecular complexity index is 644. The number of amides is 1. The van der Waals surface area contributed by atoms with Crippen LogP contribution < -0.4 is 5.32 Å². The number of nitriles is 1. The maximum Gasteiger partial charge on any atom is 0.262 e. The van der Waals surface area contributed by atoms with Gasteiger partial charge in [0.25, 0.3) is 5.91 Å². The van der Waals surface area contributed by atoms with Gasteiger partial charge in [-0.3, -0.25) is 4.79 Å². The van der Waals surface area contributed by atoms with Gasteiger partial charge in [0, 0.05) is 4.70 Å². The number of hydrogen-bond donors (Lipinski definition) is 1. The molecule has 1 atom stereocenters. The molecule has 98 valence electrons. The normalized spacial score (nSPS) is 12.1. The minimum absolute atomic E-state index is 0.276. The zero-order chi connectivity index (χ0) is 13.8. The topological polar surface area (TPSA) is 52.9 Å². The van der Waals surface area contributed by atoms with Gasteiger partial charge >= 0.3 is 0 Å². The lowest BCUT2D eigenvalue weighted by atomic mass is 10.2. The average molecular weight is 276 g/mol. The van der Waals surface area contributed by atoms with Crippen LogP contribution in [0.5, 0.6) is 0 Å². The highest BCUT2D eigenvalue weighted by molar-refractivity contribution is 7.20. The molecule has 2 aromatic rings. The molecule has 19 heavy (non-hydrogen) atoms. The Morgan fingerprint density at radius 1 is 1.53 bits per heavy atom. The predicted molar refractivity (Wildman–Crippen MR) is 73.6 cm³/mol. The second kappa shape index (κ2) is 5.81.